The van der Waals surface area contributed by atoms with Crippen LogP contribution in [0, 0.1) is 10.1 Å². The Morgan fingerprint density at radius 2 is 1.67 bits per heavy atom. The third-order valence-electron chi connectivity index (χ3n) is 5.71. The normalized spacial score (nSPS) is 17.2. The van der Waals surface area contributed by atoms with Gasteiger partial charge in [0.15, 0.2) is 0 Å². The molecule has 1 aliphatic rings. The molecule has 4 nitrogen and oxygen atoms in total. The number of fused-ring (bicyclic) bond motifs is 1. The Kier molecular flexibility index (Phi) is 6.83. The topological polar surface area (TPSA) is 52.4 Å². The quantitative estimate of drug-likeness (QED) is 0.184. The molecule has 30 heavy (non-hydrogen) atoms. The minimum Gasteiger partial charge on any atom is -0.544 e. The fourth-order valence-corrected chi connectivity index (χ4v) is 7.78. The van der Waals surface area contributed by atoms with E-state index < -0.39 is 16.2 Å². The van der Waals surface area contributed by atoms with Gasteiger partial charge in [-0.25, -0.2) is 0 Å². The van der Waals surface area contributed by atoms with Crippen LogP contribution in [-0.4, -0.2) is 25.6 Å². The second-order valence-electron chi connectivity index (χ2n) is 8.75. The van der Waals surface area contributed by atoms with Crippen LogP contribution in [0.3, 0.4) is 0 Å². The fourth-order valence-electron chi connectivity index (χ4n) is 4.42. The monoisotopic (exact) mass is 441 g/mol. The number of benzene rings is 2. The number of para-hydroxylation sites is 1. The lowest BCUT2D eigenvalue weighted by molar-refractivity contribution is -0.385. The van der Waals surface area contributed by atoms with E-state index in [1.807, 2.05) is 12.1 Å². The van der Waals surface area contributed by atoms with Crippen LogP contribution in [0.25, 0.3) is 5.76 Å². The van der Waals surface area contributed by atoms with Gasteiger partial charge in [-0.05, 0) is 43.1 Å². The predicted octanol–water partition coefficient (Wildman–Crippen LogP) is 7.54. The molecule has 0 N–H and O–H groups in total. The van der Waals surface area contributed by atoms with Crippen molar-refractivity contribution in [2.45, 2.75) is 52.0 Å². The molecule has 0 saturated heterocycles. The summed E-state index contributed by atoms with van der Waals surface area (Å²) in [6, 6.07) is 15.8. The van der Waals surface area contributed by atoms with Crippen molar-refractivity contribution in [2.24, 2.45) is 0 Å². The first-order valence-corrected chi connectivity index (χ1v) is 15.9. The summed E-state index contributed by atoms with van der Waals surface area (Å²) >= 11 is 0. The molecule has 0 aliphatic heterocycles. The summed E-state index contributed by atoms with van der Waals surface area (Å²) in [7, 11) is -2.36. The number of hydrogen-bond donors (Lipinski definition) is 0. The van der Waals surface area contributed by atoms with Crippen molar-refractivity contribution in [3.05, 3.63) is 80.9 Å². The van der Waals surface area contributed by atoms with E-state index in [1.165, 1.54) is 11.1 Å². The maximum atomic E-state index is 11.9. The predicted molar refractivity (Wildman–Crippen MR) is 130 cm³/mol. The molecule has 0 spiro atoms. The molecule has 2 aromatic rings. The van der Waals surface area contributed by atoms with Gasteiger partial charge in [0.05, 0.1) is 4.92 Å². The molecule has 0 saturated carbocycles. The minimum atomic E-state index is -1.88. The molecule has 2 unspecified atom stereocenters. The molecular formula is C24H32NO3PSi. The number of nitro groups is 1. The Labute approximate surface area is 182 Å². The first-order valence-electron chi connectivity index (χ1n) is 10.7. The van der Waals surface area contributed by atoms with Gasteiger partial charge in [-0.15, -0.1) is 0 Å². The Balaban J connectivity index is 2.31. The van der Waals surface area contributed by atoms with Crippen molar-refractivity contribution in [3.63, 3.8) is 0 Å². The molecule has 6 heteroatoms. The molecule has 0 bridgehead atoms. The highest BCUT2D eigenvalue weighted by Gasteiger charge is 2.40. The van der Waals surface area contributed by atoms with Crippen LogP contribution < -0.4 is 0 Å². The SMILES string of the molecule is CCP(CC)C(C1=C(O[Si](C)(C)C)c2ccccc2C1C)c1ccccc1[N+](=O)[O-]. The van der Waals surface area contributed by atoms with Crippen LogP contribution >= 0.6 is 7.92 Å². The van der Waals surface area contributed by atoms with Crippen LogP contribution in [0.15, 0.2) is 54.1 Å². The summed E-state index contributed by atoms with van der Waals surface area (Å²) in [5, 5.41) is 11.9. The van der Waals surface area contributed by atoms with Gasteiger partial charge in [0, 0.05) is 28.8 Å². The average Bonchev–Trinajstić information content (AvgIpc) is 2.96. The lowest BCUT2D eigenvalue weighted by atomic mass is 9.92. The highest BCUT2D eigenvalue weighted by atomic mass is 31.1. The van der Waals surface area contributed by atoms with Crippen LogP contribution in [0.4, 0.5) is 5.69 Å². The molecule has 160 valence electrons. The number of nitrogens with zero attached hydrogens (tertiary/aromatic N) is 1. The number of hydrogen-bond acceptors (Lipinski definition) is 3. The van der Waals surface area contributed by atoms with E-state index in [9.17, 15) is 10.1 Å². The van der Waals surface area contributed by atoms with E-state index in [0.29, 0.717) is 0 Å². The van der Waals surface area contributed by atoms with Crippen molar-refractivity contribution in [2.75, 3.05) is 12.3 Å². The zero-order chi connectivity index (χ0) is 22.1. The van der Waals surface area contributed by atoms with Crippen molar-refractivity contribution >= 4 is 27.7 Å². The summed E-state index contributed by atoms with van der Waals surface area (Å²) < 4.78 is 6.71. The number of rotatable bonds is 8. The molecule has 3 rings (SSSR count). The van der Waals surface area contributed by atoms with Crippen LogP contribution in [0.2, 0.25) is 19.6 Å². The highest BCUT2D eigenvalue weighted by Crippen LogP contribution is 2.62. The summed E-state index contributed by atoms with van der Waals surface area (Å²) in [5.41, 5.74) is 4.75. The zero-order valence-electron chi connectivity index (χ0n) is 18.8. The van der Waals surface area contributed by atoms with Gasteiger partial charge in [-0.2, -0.15) is 0 Å². The van der Waals surface area contributed by atoms with Crippen LogP contribution in [0.1, 0.15) is 49.0 Å². The number of allylic oxidation sites excluding steroid dienone is 1. The molecular weight excluding hydrogens is 409 g/mol. The Morgan fingerprint density at radius 1 is 1.07 bits per heavy atom. The molecule has 0 amide bonds. The standard InChI is InChI=1S/C24H32NO3PSi/c1-7-29(8-2)24(20-15-11-12-16-21(20)25(26)27)22-17(3)18-13-9-10-14-19(18)23(22)28-30(4,5)6/h9-17,24H,7-8H2,1-6H3. The average molecular weight is 442 g/mol. The minimum absolute atomic E-state index is 0.0188. The van der Waals surface area contributed by atoms with Crippen molar-refractivity contribution in [3.8, 4) is 0 Å². The Bertz CT molecular complexity index is 963. The smallest absolute Gasteiger partial charge is 0.273 e. The van der Waals surface area contributed by atoms with E-state index in [2.05, 4.69) is 64.7 Å². The zero-order valence-corrected chi connectivity index (χ0v) is 20.7. The Hall–Kier alpha value is -1.97. The van der Waals surface area contributed by atoms with Crippen molar-refractivity contribution < 1.29 is 9.35 Å². The van der Waals surface area contributed by atoms with Gasteiger partial charge in [-0.3, -0.25) is 10.1 Å². The largest absolute Gasteiger partial charge is 0.544 e. The first kappa shape index (κ1) is 22.7. The molecule has 0 aromatic heterocycles. The molecule has 0 fully saturated rings. The first-order chi connectivity index (χ1) is 14.2. The van der Waals surface area contributed by atoms with Crippen molar-refractivity contribution in [1.29, 1.82) is 0 Å². The van der Waals surface area contributed by atoms with Gasteiger partial charge < -0.3 is 4.43 Å². The summed E-state index contributed by atoms with van der Waals surface area (Å²) in [6.45, 7) is 13.3. The molecule has 0 heterocycles. The second-order valence-corrected chi connectivity index (χ2v) is 16.1. The second kappa shape index (κ2) is 9.03. The summed E-state index contributed by atoms with van der Waals surface area (Å²) in [4.78, 5) is 11.7. The lowest BCUT2D eigenvalue weighted by Gasteiger charge is -2.32. The Morgan fingerprint density at radius 3 is 2.27 bits per heavy atom. The van der Waals surface area contributed by atoms with Gasteiger partial charge in [-0.1, -0.05) is 71.2 Å². The number of nitro benzene ring substituents is 1. The van der Waals surface area contributed by atoms with E-state index in [4.69, 9.17) is 4.43 Å². The van der Waals surface area contributed by atoms with Gasteiger partial charge >= 0.3 is 0 Å². The molecule has 0 radical (unpaired) electrons. The lowest BCUT2D eigenvalue weighted by Crippen LogP contribution is -2.25. The van der Waals surface area contributed by atoms with Gasteiger partial charge in [0.25, 0.3) is 5.69 Å². The van der Waals surface area contributed by atoms with E-state index in [-0.39, 0.29) is 22.2 Å². The third kappa shape index (κ3) is 4.38. The highest BCUT2D eigenvalue weighted by molar-refractivity contribution is 7.58. The molecule has 2 atom stereocenters. The fraction of sp³-hybridized carbons (Fsp3) is 0.417. The molecule has 1 aliphatic carbocycles. The van der Waals surface area contributed by atoms with Crippen LogP contribution in [0.5, 0.6) is 0 Å². The maximum Gasteiger partial charge on any atom is 0.273 e. The van der Waals surface area contributed by atoms with Crippen LogP contribution in [-0.2, 0) is 4.43 Å². The maximum absolute atomic E-state index is 11.9. The molecule has 2 aromatic carbocycles. The van der Waals surface area contributed by atoms with Gasteiger partial charge in [0.2, 0.25) is 8.32 Å². The summed E-state index contributed by atoms with van der Waals surface area (Å²) in [6.07, 6.45) is 2.05. The van der Waals surface area contributed by atoms with E-state index >= 15 is 0 Å². The van der Waals surface area contributed by atoms with E-state index in [1.54, 1.807) is 12.1 Å². The third-order valence-corrected chi connectivity index (χ3v) is 9.44. The summed E-state index contributed by atoms with van der Waals surface area (Å²) in [5.74, 6) is 1.16. The van der Waals surface area contributed by atoms with E-state index in [0.717, 1.165) is 29.2 Å². The van der Waals surface area contributed by atoms with Crippen molar-refractivity contribution in [1.82, 2.24) is 0 Å². The van der Waals surface area contributed by atoms with Gasteiger partial charge in [0.1, 0.15) is 5.76 Å².